The lowest BCUT2D eigenvalue weighted by Gasteiger charge is -2.09. The van der Waals surface area contributed by atoms with E-state index in [1.165, 1.54) is 6.20 Å². The van der Waals surface area contributed by atoms with Crippen LogP contribution in [0.5, 0.6) is 0 Å². The first-order chi connectivity index (χ1) is 11.4. The highest BCUT2D eigenvalue weighted by molar-refractivity contribution is 5.93. The summed E-state index contributed by atoms with van der Waals surface area (Å²) in [6.45, 7) is 7.84. The number of rotatable bonds is 5. The van der Waals surface area contributed by atoms with E-state index in [9.17, 15) is 4.79 Å². The molecule has 1 N–H and O–H groups in total. The number of carbonyl (C=O) groups is 1. The summed E-state index contributed by atoms with van der Waals surface area (Å²) in [6, 6.07) is 9.80. The molecule has 0 atom stereocenters. The molecule has 0 aliphatic heterocycles. The molecule has 0 spiro atoms. The van der Waals surface area contributed by atoms with Gasteiger partial charge < -0.3 is 10.1 Å². The molecule has 0 amide bonds. The Morgan fingerprint density at radius 1 is 1.29 bits per heavy atom. The van der Waals surface area contributed by atoms with Crippen LogP contribution in [0.2, 0.25) is 0 Å². The summed E-state index contributed by atoms with van der Waals surface area (Å²) in [7, 11) is 0. The predicted molar refractivity (Wildman–Crippen MR) is 91.7 cm³/mol. The second-order valence-electron chi connectivity index (χ2n) is 5.46. The van der Waals surface area contributed by atoms with Crippen LogP contribution in [0.4, 0.5) is 5.82 Å². The first-order valence-electron chi connectivity index (χ1n) is 7.64. The van der Waals surface area contributed by atoms with Crippen LogP contribution >= 0.6 is 0 Å². The number of hydrogen-bond acceptors (Lipinski definition) is 5. The lowest BCUT2D eigenvalue weighted by molar-refractivity contribution is -0.138. The topological polar surface area (TPSA) is 79.9 Å². The SMILES string of the molecule is CCOC(=O)/C(C#N)=C/Nc1cc(C)nn1-c1cc(C)cc(C)c1. The Balaban J connectivity index is 2.36. The van der Waals surface area contributed by atoms with Gasteiger partial charge in [0.25, 0.3) is 0 Å². The molecule has 6 heteroatoms. The van der Waals surface area contributed by atoms with E-state index < -0.39 is 5.97 Å². The molecule has 0 saturated carbocycles. The van der Waals surface area contributed by atoms with Crippen LogP contribution in [0.25, 0.3) is 5.69 Å². The van der Waals surface area contributed by atoms with Gasteiger partial charge in [0.15, 0.2) is 5.57 Å². The molecule has 2 aromatic rings. The molecular weight excluding hydrogens is 304 g/mol. The molecule has 0 saturated heterocycles. The fourth-order valence-electron chi connectivity index (χ4n) is 2.36. The molecule has 0 radical (unpaired) electrons. The van der Waals surface area contributed by atoms with E-state index in [0.29, 0.717) is 5.82 Å². The number of hydrogen-bond donors (Lipinski definition) is 1. The Morgan fingerprint density at radius 2 is 1.96 bits per heavy atom. The maximum atomic E-state index is 11.7. The van der Waals surface area contributed by atoms with E-state index in [0.717, 1.165) is 22.5 Å². The number of nitrogens with zero attached hydrogens (tertiary/aromatic N) is 3. The molecule has 124 valence electrons. The molecule has 24 heavy (non-hydrogen) atoms. The third kappa shape index (κ3) is 4.02. The molecule has 6 nitrogen and oxygen atoms in total. The van der Waals surface area contributed by atoms with Crippen molar-refractivity contribution in [3.63, 3.8) is 0 Å². The van der Waals surface area contributed by atoms with Gasteiger partial charge >= 0.3 is 5.97 Å². The molecule has 0 aliphatic rings. The standard InChI is InChI=1S/C18H20N4O2/c1-5-24-18(23)15(10-19)11-20-17-9-14(4)21-22(17)16-7-12(2)6-13(3)8-16/h6-9,11,20H,5H2,1-4H3/b15-11+. The van der Waals surface area contributed by atoms with Crippen molar-refractivity contribution < 1.29 is 9.53 Å². The van der Waals surface area contributed by atoms with E-state index in [4.69, 9.17) is 10.00 Å². The minimum Gasteiger partial charge on any atom is -0.462 e. The Labute approximate surface area is 141 Å². The zero-order valence-electron chi connectivity index (χ0n) is 14.3. The van der Waals surface area contributed by atoms with Crippen molar-refractivity contribution >= 4 is 11.8 Å². The summed E-state index contributed by atoms with van der Waals surface area (Å²) in [4.78, 5) is 11.7. The third-order valence-electron chi connectivity index (χ3n) is 3.26. The van der Waals surface area contributed by atoms with Crippen LogP contribution in [0.15, 0.2) is 36.0 Å². The van der Waals surface area contributed by atoms with E-state index in [1.807, 2.05) is 45.0 Å². The monoisotopic (exact) mass is 324 g/mol. The van der Waals surface area contributed by atoms with Crippen LogP contribution in [0.1, 0.15) is 23.7 Å². The number of nitrogens with one attached hydrogen (secondary N) is 1. The van der Waals surface area contributed by atoms with Gasteiger partial charge in [-0.25, -0.2) is 9.48 Å². The first-order valence-corrected chi connectivity index (χ1v) is 7.64. The van der Waals surface area contributed by atoms with E-state index in [1.54, 1.807) is 11.6 Å². The zero-order valence-corrected chi connectivity index (χ0v) is 14.3. The summed E-state index contributed by atoms with van der Waals surface area (Å²) in [6.07, 6.45) is 1.34. The van der Waals surface area contributed by atoms with E-state index in [-0.39, 0.29) is 12.2 Å². The average molecular weight is 324 g/mol. The quantitative estimate of drug-likeness (QED) is 0.519. The fraction of sp³-hybridized carbons (Fsp3) is 0.278. The lowest BCUT2D eigenvalue weighted by Crippen LogP contribution is -2.09. The second kappa shape index (κ2) is 7.47. The molecule has 0 aliphatic carbocycles. The molecule has 1 aromatic heterocycles. The Hall–Kier alpha value is -3.07. The second-order valence-corrected chi connectivity index (χ2v) is 5.46. The minimum atomic E-state index is -0.651. The Kier molecular flexibility index (Phi) is 5.38. The van der Waals surface area contributed by atoms with Gasteiger partial charge in [0.1, 0.15) is 11.9 Å². The summed E-state index contributed by atoms with van der Waals surface area (Å²) >= 11 is 0. The van der Waals surface area contributed by atoms with Crippen LogP contribution in [-0.2, 0) is 9.53 Å². The number of benzene rings is 1. The van der Waals surface area contributed by atoms with Gasteiger partial charge in [-0.1, -0.05) is 6.07 Å². The largest absolute Gasteiger partial charge is 0.462 e. The van der Waals surface area contributed by atoms with E-state index in [2.05, 4.69) is 16.5 Å². The van der Waals surface area contributed by atoms with Crippen molar-refractivity contribution in [2.24, 2.45) is 0 Å². The van der Waals surface area contributed by atoms with Crippen LogP contribution in [-0.4, -0.2) is 22.4 Å². The van der Waals surface area contributed by atoms with Crippen molar-refractivity contribution in [2.75, 3.05) is 11.9 Å². The summed E-state index contributed by atoms with van der Waals surface area (Å²) in [5.41, 5.74) is 3.89. The Bertz CT molecular complexity index is 808. The number of anilines is 1. The number of aryl methyl sites for hydroxylation is 3. The van der Waals surface area contributed by atoms with Crippen LogP contribution in [0.3, 0.4) is 0 Å². The number of ether oxygens (including phenoxy) is 1. The highest BCUT2D eigenvalue weighted by Gasteiger charge is 2.12. The fourth-order valence-corrected chi connectivity index (χ4v) is 2.36. The average Bonchev–Trinajstić information content (AvgIpc) is 2.88. The van der Waals surface area contributed by atoms with Gasteiger partial charge in [-0.3, -0.25) is 0 Å². The maximum Gasteiger partial charge on any atom is 0.350 e. The normalized spacial score (nSPS) is 11.0. The smallest absolute Gasteiger partial charge is 0.350 e. The maximum absolute atomic E-state index is 11.7. The van der Waals surface area contributed by atoms with Crippen molar-refractivity contribution in [1.29, 1.82) is 5.26 Å². The van der Waals surface area contributed by atoms with Crippen molar-refractivity contribution in [1.82, 2.24) is 9.78 Å². The van der Waals surface area contributed by atoms with Gasteiger partial charge in [0, 0.05) is 12.3 Å². The van der Waals surface area contributed by atoms with E-state index >= 15 is 0 Å². The number of aromatic nitrogens is 2. The zero-order chi connectivity index (χ0) is 17.7. The summed E-state index contributed by atoms with van der Waals surface area (Å²) in [5.74, 6) is 0.0104. The highest BCUT2D eigenvalue weighted by Crippen LogP contribution is 2.20. The molecule has 0 unspecified atom stereocenters. The first kappa shape index (κ1) is 17.3. The van der Waals surface area contributed by atoms with Gasteiger partial charge in [0.2, 0.25) is 0 Å². The molecule has 1 heterocycles. The summed E-state index contributed by atoms with van der Waals surface area (Å²) in [5, 5.41) is 16.5. The number of carbonyl (C=O) groups excluding carboxylic acids is 1. The molecular formula is C18H20N4O2. The summed E-state index contributed by atoms with van der Waals surface area (Å²) < 4.78 is 6.58. The highest BCUT2D eigenvalue weighted by atomic mass is 16.5. The van der Waals surface area contributed by atoms with Crippen LogP contribution in [0, 0.1) is 32.1 Å². The van der Waals surface area contributed by atoms with Gasteiger partial charge in [0.05, 0.1) is 18.0 Å². The lowest BCUT2D eigenvalue weighted by atomic mass is 10.1. The third-order valence-corrected chi connectivity index (χ3v) is 3.26. The Morgan fingerprint density at radius 3 is 2.54 bits per heavy atom. The van der Waals surface area contributed by atoms with Crippen molar-refractivity contribution in [3.8, 4) is 11.8 Å². The van der Waals surface area contributed by atoms with Gasteiger partial charge in [-0.2, -0.15) is 10.4 Å². The number of esters is 1. The van der Waals surface area contributed by atoms with Gasteiger partial charge in [-0.05, 0) is 51.0 Å². The molecule has 1 aromatic carbocycles. The van der Waals surface area contributed by atoms with Crippen LogP contribution < -0.4 is 5.32 Å². The van der Waals surface area contributed by atoms with Gasteiger partial charge in [-0.15, -0.1) is 0 Å². The molecule has 0 bridgehead atoms. The minimum absolute atomic E-state index is 0.0947. The molecule has 0 fully saturated rings. The van der Waals surface area contributed by atoms with Crippen molar-refractivity contribution in [2.45, 2.75) is 27.7 Å². The molecule has 2 rings (SSSR count). The number of nitriles is 1. The predicted octanol–water partition coefficient (Wildman–Crippen LogP) is 3.18. The van der Waals surface area contributed by atoms with Crippen molar-refractivity contribution in [3.05, 3.63) is 52.9 Å².